The fourth-order valence-electron chi connectivity index (χ4n) is 1.60. The van der Waals surface area contributed by atoms with E-state index in [1.165, 1.54) is 0 Å². The van der Waals surface area contributed by atoms with Crippen molar-refractivity contribution in [3.63, 3.8) is 0 Å². The second kappa shape index (κ2) is 2.64. The number of carbonyl (C=O) groups is 1. The summed E-state index contributed by atoms with van der Waals surface area (Å²) in [5, 5.41) is 3.93. The van der Waals surface area contributed by atoms with Crippen LogP contribution < -0.4 is 5.43 Å². The van der Waals surface area contributed by atoms with Gasteiger partial charge in [-0.05, 0) is 19.8 Å². The van der Waals surface area contributed by atoms with E-state index in [0.29, 0.717) is 0 Å². The fourth-order valence-corrected chi connectivity index (χ4v) is 1.60. The maximum Gasteiger partial charge on any atom is 0.252 e. The summed E-state index contributed by atoms with van der Waals surface area (Å²) in [4.78, 5) is 11.3. The monoisotopic (exact) mass is 154 g/mol. The Morgan fingerprint density at radius 2 is 2.00 bits per heavy atom. The molecule has 0 aliphatic carbocycles. The first-order valence-electron chi connectivity index (χ1n) is 4.02. The van der Waals surface area contributed by atoms with Gasteiger partial charge in [0.15, 0.2) is 0 Å². The summed E-state index contributed by atoms with van der Waals surface area (Å²) in [5.74, 6) is 0.0556. The van der Waals surface area contributed by atoms with Gasteiger partial charge in [0.05, 0.1) is 11.1 Å². The number of hydrazone groups is 1. The van der Waals surface area contributed by atoms with Gasteiger partial charge in [0.2, 0.25) is 0 Å². The summed E-state index contributed by atoms with van der Waals surface area (Å²) >= 11 is 0. The Labute approximate surface area is 66.9 Å². The van der Waals surface area contributed by atoms with Crippen molar-refractivity contribution in [2.24, 2.45) is 10.5 Å². The lowest BCUT2D eigenvalue weighted by molar-refractivity contribution is -0.126. The van der Waals surface area contributed by atoms with E-state index in [1.807, 2.05) is 20.8 Å². The van der Waals surface area contributed by atoms with Crippen LogP contribution in [0.3, 0.4) is 0 Å². The average molecular weight is 154 g/mol. The number of amides is 1. The molecule has 0 aromatic rings. The first kappa shape index (κ1) is 8.24. The molecule has 0 unspecified atom stereocenters. The van der Waals surface area contributed by atoms with Crippen LogP contribution in [0.25, 0.3) is 0 Å². The summed E-state index contributed by atoms with van der Waals surface area (Å²) in [6, 6.07) is 0. The molecule has 1 amide bonds. The van der Waals surface area contributed by atoms with Gasteiger partial charge >= 0.3 is 0 Å². The SMILES string of the molecule is CCC1(CC)C(=O)NN=C1C. The first-order chi connectivity index (χ1) is 5.17. The average Bonchev–Trinajstić information content (AvgIpc) is 2.29. The second-order valence-electron chi connectivity index (χ2n) is 2.93. The van der Waals surface area contributed by atoms with Gasteiger partial charge in [-0.15, -0.1) is 0 Å². The molecule has 62 valence electrons. The Bertz CT molecular complexity index is 204. The lowest BCUT2D eigenvalue weighted by atomic mass is 9.78. The Kier molecular flexibility index (Phi) is 1.98. The Hall–Kier alpha value is -0.860. The van der Waals surface area contributed by atoms with Crippen molar-refractivity contribution in [2.45, 2.75) is 33.6 Å². The number of rotatable bonds is 2. The normalized spacial score (nSPS) is 21.4. The summed E-state index contributed by atoms with van der Waals surface area (Å²) in [7, 11) is 0. The third-order valence-electron chi connectivity index (χ3n) is 2.66. The van der Waals surface area contributed by atoms with Crippen LogP contribution >= 0.6 is 0 Å². The zero-order chi connectivity index (χ0) is 8.48. The van der Waals surface area contributed by atoms with Gasteiger partial charge in [-0.2, -0.15) is 5.10 Å². The molecule has 1 aliphatic rings. The molecule has 1 N–H and O–H groups in total. The summed E-state index contributed by atoms with van der Waals surface area (Å²) in [6.45, 7) is 5.95. The summed E-state index contributed by atoms with van der Waals surface area (Å²) in [6.07, 6.45) is 1.68. The highest BCUT2D eigenvalue weighted by Gasteiger charge is 2.41. The molecule has 1 heterocycles. The first-order valence-corrected chi connectivity index (χ1v) is 4.02. The van der Waals surface area contributed by atoms with Crippen LogP contribution in [-0.2, 0) is 4.79 Å². The van der Waals surface area contributed by atoms with Gasteiger partial charge in [-0.25, -0.2) is 5.43 Å². The zero-order valence-corrected chi connectivity index (χ0v) is 7.27. The van der Waals surface area contributed by atoms with Gasteiger partial charge in [0, 0.05) is 0 Å². The van der Waals surface area contributed by atoms with E-state index in [9.17, 15) is 4.79 Å². The van der Waals surface area contributed by atoms with E-state index >= 15 is 0 Å². The van der Waals surface area contributed by atoms with Crippen LogP contribution in [-0.4, -0.2) is 11.6 Å². The lowest BCUT2D eigenvalue weighted by Crippen LogP contribution is -2.35. The minimum Gasteiger partial charge on any atom is -0.272 e. The number of hydrogen-bond acceptors (Lipinski definition) is 2. The highest BCUT2D eigenvalue weighted by atomic mass is 16.2. The zero-order valence-electron chi connectivity index (χ0n) is 7.27. The fraction of sp³-hybridized carbons (Fsp3) is 0.750. The molecule has 0 bridgehead atoms. The largest absolute Gasteiger partial charge is 0.272 e. The molecule has 0 spiro atoms. The standard InChI is InChI=1S/C8H14N2O/c1-4-8(5-2)6(3)9-10-7(8)11/h4-5H2,1-3H3,(H,10,11). The van der Waals surface area contributed by atoms with E-state index in [0.717, 1.165) is 18.6 Å². The van der Waals surface area contributed by atoms with Crippen molar-refractivity contribution in [2.75, 3.05) is 0 Å². The Morgan fingerprint density at radius 1 is 1.45 bits per heavy atom. The molecule has 3 heteroatoms. The van der Waals surface area contributed by atoms with E-state index in [1.54, 1.807) is 0 Å². The minimum atomic E-state index is -0.306. The predicted molar refractivity (Wildman–Crippen MR) is 44.3 cm³/mol. The molecular formula is C8H14N2O. The van der Waals surface area contributed by atoms with Crippen molar-refractivity contribution in [3.05, 3.63) is 0 Å². The van der Waals surface area contributed by atoms with Crippen LogP contribution in [0.1, 0.15) is 33.6 Å². The van der Waals surface area contributed by atoms with Crippen LogP contribution in [0.15, 0.2) is 5.10 Å². The summed E-state index contributed by atoms with van der Waals surface area (Å²) in [5.41, 5.74) is 3.13. The third kappa shape index (κ3) is 0.951. The smallest absolute Gasteiger partial charge is 0.252 e. The second-order valence-corrected chi connectivity index (χ2v) is 2.93. The van der Waals surface area contributed by atoms with Gasteiger partial charge < -0.3 is 0 Å². The molecule has 1 rings (SSSR count). The van der Waals surface area contributed by atoms with Crippen molar-refractivity contribution in [3.8, 4) is 0 Å². The van der Waals surface area contributed by atoms with Crippen molar-refractivity contribution in [1.29, 1.82) is 0 Å². The van der Waals surface area contributed by atoms with E-state index in [4.69, 9.17) is 0 Å². The molecule has 0 radical (unpaired) electrons. The van der Waals surface area contributed by atoms with E-state index < -0.39 is 0 Å². The van der Waals surface area contributed by atoms with Crippen molar-refractivity contribution >= 4 is 11.6 Å². The van der Waals surface area contributed by atoms with Crippen LogP contribution in [0.4, 0.5) is 0 Å². The molecule has 0 saturated heterocycles. The molecule has 1 aliphatic heterocycles. The minimum absolute atomic E-state index is 0.0556. The number of hydrogen-bond donors (Lipinski definition) is 1. The molecule has 11 heavy (non-hydrogen) atoms. The number of carbonyl (C=O) groups excluding carboxylic acids is 1. The van der Waals surface area contributed by atoms with Crippen LogP contribution in [0, 0.1) is 5.41 Å². The molecule has 0 aromatic heterocycles. The van der Waals surface area contributed by atoms with Gasteiger partial charge in [0.25, 0.3) is 5.91 Å². The molecule has 3 nitrogen and oxygen atoms in total. The third-order valence-corrected chi connectivity index (χ3v) is 2.66. The molecule has 0 aromatic carbocycles. The highest BCUT2D eigenvalue weighted by Crippen LogP contribution is 2.31. The van der Waals surface area contributed by atoms with E-state index in [2.05, 4.69) is 10.5 Å². The van der Waals surface area contributed by atoms with Crippen molar-refractivity contribution < 1.29 is 4.79 Å². The molecule has 0 saturated carbocycles. The molecule has 0 atom stereocenters. The molecular weight excluding hydrogens is 140 g/mol. The maximum atomic E-state index is 11.3. The van der Waals surface area contributed by atoms with E-state index in [-0.39, 0.29) is 11.3 Å². The maximum absolute atomic E-state index is 11.3. The Balaban J connectivity index is 2.96. The molecule has 0 fully saturated rings. The lowest BCUT2D eigenvalue weighted by Gasteiger charge is -2.22. The number of nitrogens with zero attached hydrogens (tertiary/aromatic N) is 1. The Morgan fingerprint density at radius 3 is 2.18 bits per heavy atom. The van der Waals surface area contributed by atoms with Gasteiger partial charge in [-0.1, -0.05) is 13.8 Å². The topological polar surface area (TPSA) is 41.5 Å². The highest BCUT2D eigenvalue weighted by molar-refractivity contribution is 6.11. The quantitative estimate of drug-likeness (QED) is 0.640. The summed E-state index contributed by atoms with van der Waals surface area (Å²) < 4.78 is 0. The van der Waals surface area contributed by atoms with Crippen LogP contribution in [0.5, 0.6) is 0 Å². The van der Waals surface area contributed by atoms with Crippen LogP contribution in [0.2, 0.25) is 0 Å². The predicted octanol–water partition coefficient (Wildman–Crippen LogP) is 1.30. The number of nitrogens with one attached hydrogen (secondary N) is 1. The van der Waals surface area contributed by atoms with Gasteiger partial charge in [-0.3, -0.25) is 4.79 Å². The van der Waals surface area contributed by atoms with Gasteiger partial charge in [0.1, 0.15) is 0 Å². The van der Waals surface area contributed by atoms with Crippen molar-refractivity contribution in [1.82, 2.24) is 5.43 Å².